The highest BCUT2D eigenvalue weighted by Crippen LogP contribution is 2.22. The van der Waals surface area contributed by atoms with E-state index in [4.69, 9.17) is 0 Å². The van der Waals surface area contributed by atoms with Crippen molar-refractivity contribution in [2.24, 2.45) is 0 Å². The van der Waals surface area contributed by atoms with Gasteiger partial charge in [0.1, 0.15) is 0 Å². The maximum absolute atomic E-state index is 2.53. The minimum absolute atomic E-state index is 0.324. The Labute approximate surface area is 82.0 Å². The maximum atomic E-state index is 2.53. The zero-order chi connectivity index (χ0) is 9.56. The molecule has 0 aromatic carbocycles. The Kier molecular flexibility index (Phi) is 7.15. The van der Waals surface area contributed by atoms with Crippen LogP contribution >= 0.6 is 0 Å². The fraction of sp³-hybridized carbons (Fsp3) is 1.00. The molecule has 0 rings (SSSR count). The van der Waals surface area contributed by atoms with Gasteiger partial charge in [0.2, 0.25) is 0 Å². The summed E-state index contributed by atoms with van der Waals surface area (Å²) >= 11 is 0. The summed E-state index contributed by atoms with van der Waals surface area (Å²) < 4.78 is 0. The Balaban J connectivity index is 3.64. The van der Waals surface area contributed by atoms with Gasteiger partial charge in [0, 0.05) is 17.6 Å². The molecule has 74 valence electrons. The first-order valence-electron chi connectivity index (χ1n) is 5.59. The molecule has 0 aliphatic heterocycles. The van der Waals surface area contributed by atoms with Gasteiger partial charge in [-0.25, -0.2) is 0 Å². The van der Waals surface area contributed by atoms with Gasteiger partial charge >= 0.3 is 0 Å². The molecule has 0 radical (unpaired) electrons. The van der Waals surface area contributed by atoms with Gasteiger partial charge in [0.05, 0.1) is 0 Å². The van der Waals surface area contributed by atoms with Gasteiger partial charge < -0.3 is 0 Å². The lowest BCUT2D eigenvalue weighted by Gasteiger charge is -2.22. The summed E-state index contributed by atoms with van der Waals surface area (Å²) in [4.78, 5) is 0. The van der Waals surface area contributed by atoms with Crippen molar-refractivity contribution in [2.75, 3.05) is 0 Å². The molecule has 0 amide bonds. The van der Waals surface area contributed by atoms with Crippen molar-refractivity contribution in [3.63, 3.8) is 0 Å². The topological polar surface area (TPSA) is 0 Å². The monoisotopic (exact) mass is 202 g/mol. The van der Waals surface area contributed by atoms with Crippen LogP contribution < -0.4 is 0 Å². The van der Waals surface area contributed by atoms with Gasteiger partial charge in [0.15, 0.2) is 0 Å². The molecule has 12 heavy (non-hydrogen) atoms. The molecule has 0 aliphatic carbocycles. The second-order valence-electron chi connectivity index (χ2n) is 4.65. The molecule has 0 aliphatic rings. The summed E-state index contributed by atoms with van der Waals surface area (Å²) in [6, 6.07) is 0. The van der Waals surface area contributed by atoms with Gasteiger partial charge in [-0.3, -0.25) is 0 Å². The molecule has 0 spiro atoms. The highest BCUT2D eigenvalue weighted by atomic mass is 28.3. The van der Waals surface area contributed by atoms with Crippen LogP contribution in [0.2, 0.25) is 31.4 Å². The van der Waals surface area contributed by atoms with Crippen LogP contribution in [0.5, 0.6) is 0 Å². The SMILES string of the molecule is CCCCCC([SiH](C)C)[SiH](C)C. The average molecular weight is 202 g/mol. The van der Waals surface area contributed by atoms with Crippen LogP contribution in [0.1, 0.15) is 32.6 Å². The molecule has 0 nitrogen and oxygen atoms in total. The van der Waals surface area contributed by atoms with E-state index in [1.54, 1.807) is 6.42 Å². The number of rotatable bonds is 6. The minimum Gasteiger partial charge on any atom is -0.0722 e. The van der Waals surface area contributed by atoms with E-state index in [9.17, 15) is 0 Å². The fourth-order valence-electron chi connectivity index (χ4n) is 2.07. The summed E-state index contributed by atoms with van der Waals surface area (Å²) in [5, 5.41) is 1.22. The van der Waals surface area contributed by atoms with Crippen molar-refractivity contribution < 1.29 is 0 Å². The largest absolute Gasteiger partial charge is 0.0722 e. The molecular formula is C10H26Si2. The third-order valence-electron chi connectivity index (χ3n) is 2.85. The Morgan fingerprint density at radius 2 is 1.42 bits per heavy atom. The molecule has 0 aromatic rings. The summed E-state index contributed by atoms with van der Waals surface area (Å²) in [6.45, 7) is 12.4. The summed E-state index contributed by atoms with van der Waals surface area (Å²) in [7, 11) is -0.649. The van der Waals surface area contributed by atoms with Crippen molar-refractivity contribution in [1.82, 2.24) is 0 Å². The third-order valence-corrected chi connectivity index (χ3v) is 11.6. The van der Waals surface area contributed by atoms with E-state index in [0.29, 0.717) is 0 Å². The van der Waals surface area contributed by atoms with E-state index in [0.717, 1.165) is 0 Å². The molecule has 0 fully saturated rings. The first-order chi connectivity index (χ1) is 5.59. The van der Waals surface area contributed by atoms with Crippen molar-refractivity contribution >= 4 is 17.6 Å². The van der Waals surface area contributed by atoms with Gasteiger partial charge in [-0.15, -0.1) is 0 Å². The normalized spacial score (nSPS) is 12.0. The standard InChI is InChI=1S/C10H26Si2/c1-6-7-8-9-10(11(2)3)12(4)5/h10-12H,6-9H2,1-5H3. The lowest BCUT2D eigenvalue weighted by Crippen LogP contribution is -2.24. The van der Waals surface area contributed by atoms with Crippen molar-refractivity contribution in [3.05, 3.63) is 0 Å². The highest BCUT2D eigenvalue weighted by Gasteiger charge is 2.18. The van der Waals surface area contributed by atoms with E-state index in [-0.39, 0.29) is 17.6 Å². The number of unbranched alkanes of at least 4 members (excludes halogenated alkanes) is 2. The van der Waals surface area contributed by atoms with E-state index in [2.05, 4.69) is 33.1 Å². The van der Waals surface area contributed by atoms with Crippen molar-refractivity contribution in [1.29, 1.82) is 0 Å². The van der Waals surface area contributed by atoms with Crippen molar-refractivity contribution in [3.8, 4) is 0 Å². The van der Waals surface area contributed by atoms with Gasteiger partial charge in [-0.1, -0.05) is 64.0 Å². The van der Waals surface area contributed by atoms with Gasteiger partial charge in [-0.2, -0.15) is 0 Å². The van der Waals surface area contributed by atoms with Gasteiger partial charge in [-0.05, 0) is 0 Å². The molecule has 0 aromatic heterocycles. The van der Waals surface area contributed by atoms with E-state index >= 15 is 0 Å². The Hall–Kier alpha value is 0.434. The summed E-state index contributed by atoms with van der Waals surface area (Å²) in [5.74, 6) is 0. The lowest BCUT2D eigenvalue weighted by atomic mass is 10.2. The minimum atomic E-state index is -0.324. The van der Waals surface area contributed by atoms with Crippen LogP contribution in [0.15, 0.2) is 0 Å². The van der Waals surface area contributed by atoms with Gasteiger partial charge in [0.25, 0.3) is 0 Å². The second-order valence-corrected chi connectivity index (χ2v) is 12.1. The second kappa shape index (κ2) is 6.90. The lowest BCUT2D eigenvalue weighted by molar-refractivity contribution is 0.682. The van der Waals surface area contributed by atoms with Crippen LogP contribution in [0.3, 0.4) is 0 Å². The zero-order valence-corrected chi connectivity index (χ0v) is 11.9. The average Bonchev–Trinajstić information content (AvgIpc) is 1.96. The Morgan fingerprint density at radius 1 is 0.917 bits per heavy atom. The van der Waals surface area contributed by atoms with Crippen LogP contribution in [0.25, 0.3) is 0 Å². The first kappa shape index (κ1) is 12.4. The van der Waals surface area contributed by atoms with E-state index in [1.165, 1.54) is 24.4 Å². The zero-order valence-electron chi connectivity index (χ0n) is 9.56. The Morgan fingerprint density at radius 3 is 1.75 bits per heavy atom. The fourth-order valence-corrected chi connectivity index (χ4v) is 10.0. The highest BCUT2D eigenvalue weighted by molar-refractivity contribution is 6.77. The number of hydrogen-bond donors (Lipinski definition) is 0. The maximum Gasteiger partial charge on any atom is 0.0307 e. The molecule has 0 unspecified atom stereocenters. The van der Waals surface area contributed by atoms with Crippen LogP contribution in [-0.2, 0) is 0 Å². The van der Waals surface area contributed by atoms with E-state index in [1.807, 2.05) is 0 Å². The van der Waals surface area contributed by atoms with E-state index < -0.39 is 0 Å². The van der Waals surface area contributed by atoms with Crippen molar-refractivity contribution in [2.45, 2.75) is 64.0 Å². The van der Waals surface area contributed by atoms with Crippen LogP contribution in [-0.4, -0.2) is 17.6 Å². The molecule has 0 atom stereocenters. The molecule has 2 heteroatoms. The smallest absolute Gasteiger partial charge is 0.0307 e. The molecule has 0 heterocycles. The molecule has 0 N–H and O–H groups in total. The summed E-state index contributed by atoms with van der Waals surface area (Å²) in [5.41, 5.74) is 0. The molecular weight excluding hydrogens is 176 g/mol. The van der Waals surface area contributed by atoms with Crippen LogP contribution in [0.4, 0.5) is 0 Å². The number of hydrogen-bond acceptors (Lipinski definition) is 0. The van der Waals surface area contributed by atoms with Crippen LogP contribution in [0, 0.1) is 0 Å². The Bertz CT molecular complexity index is 92.0. The predicted octanol–water partition coefficient (Wildman–Crippen LogP) is 3.45. The molecule has 0 saturated heterocycles. The third kappa shape index (κ3) is 5.15. The summed E-state index contributed by atoms with van der Waals surface area (Å²) in [6.07, 6.45) is 5.89. The predicted molar refractivity (Wildman–Crippen MR) is 65.6 cm³/mol. The molecule has 0 saturated carbocycles. The molecule has 0 bridgehead atoms. The first-order valence-corrected chi connectivity index (χ1v) is 11.5. The quantitative estimate of drug-likeness (QED) is 0.457.